The Morgan fingerprint density at radius 2 is 1.75 bits per heavy atom. The number of carbonyl (C=O) groups excluding carboxylic acids is 1. The molecule has 1 atom stereocenters. The van der Waals surface area contributed by atoms with Crippen LogP contribution in [0.2, 0.25) is 0 Å². The summed E-state index contributed by atoms with van der Waals surface area (Å²) in [5, 5.41) is 3.07. The van der Waals surface area contributed by atoms with Crippen LogP contribution in [0.1, 0.15) is 49.8 Å². The van der Waals surface area contributed by atoms with Gasteiger partial charge in [0.15, 0.2) is 0 Å². The lowest BCUT2D eigenvalue weighted by Crippen LogP contribution is -2.39. The normalized spacial score (nSPS) is 16.3. The van der Waals surface area contributed by atoms with Gasteiger partial charge in [-0.15, -0.1) is 0 Å². The Bertz CT molecular complexity index is 977. The van der Waals surface area contributed by atoms with Crippen LogP contribution in [0, 0.1) is 13.8 Å². The van der Waals surface area contributed by atoms with E-state index in [2.05, 4.69) is 10.0 Å². The fourth-order valence-electron chi connectivity index (χ4n) is 3.40. The summed E-state index contributed by atoms with van der Waals surface area (Å²) in [5.41, 5.74) is 2.69. The highest BCUT2D eigenvalue weighted by Crippen LogP contribution is 2.48. The number of benzene rings is 2. The maximum atomic E-state index is 12.7. The summed E-state index contributed by atoms with van der Waals surface area (Å²) < 4.78 is 28.1. The van der Waals surface area contributed by atoms with Crippen molar-refractivity contribution in [3.8, 4) is 0 Å². The summed E-state index contributed by atoms with van der Waals surface area (Å²) in [4.78, 5) is 12.9. The third-order valence-corrected chi connectivity index (χ3v) is 7.03. The molecule has 5 nitrogen and oxygen atoms in total. The van der Waals surface area contributed by atoms with E-state index in [0.717, 1.165) is 30.4 Å². The molecule has 1 aliphatic carbocycles. The van der Waals surface area contributed by atoms with Gasteiger partial charge < -0.3 is 5.32 Å². The van der Waals surface area contributed by atoms with Gasteiger partial charge in [-0.2, -0.15) is 0 Å². The quantitative estimate of drug-likeness (QED) is 0.736. The molecule has 0 unspecified atom stereocenters. The number of anilines is 1. The summed E-state index contributed by atoms with van der Waals surface area (Å²) in [5.74, 6) is 0.0606. The van der Waals surface area contributed by atoms with Gasteiger partial charge in [-0.05, 0) is 69.4 Å². The molecular formula is C22H28N2O3S. The third kappa shape index (κ3) is 4.07. The number of aryl methyl sites for hydroxylation is 2. The molecule has 150 valence electrons. The van der Waals surface area contributed by atoms with Crippen molar-refractivity contribution in [3.05, 3.63) is 59.2 Å². The zero-order valence-electron chi connectivity index (χ0n) is 16.9. The van der Waals surface area contributed by atoms with Gasteiger partial charge in [0.05, 0.1) is 10.3 Å². The molecule has 2 N–H and O–H groups in total. The first-order valence-electron chi connectivity index (χ1n) is 9.69. The highest BCUT2D eigenvalue weighted by molar-refractivity contribution is 7.92. The maximum absolute atomic E-state index is 12.7. The van der Waals surface area contributed by atoms with E-state index >= 15 is 0 Å². The first kappa shape index (κ1) is 20.4. The van der Waals surface area contributed by atoms with E-state index in [9.17, 15) is 13.2 Å². The van der Waals surface area contributed by atoms with Gasteiger partial charge in [0.25, 0.3) is 10.0 Å². The zero-order valence-corrected chi connectivity index (χ0v) is 17.7. The van der Waals surface area contributed by atoms with Crippen molar-refractivity contribution < 1.29 is 13.2 Å². The van der Waals surface area contributed by atoms with Crippen LogP contribution in [0.25, 0.3) is 0 Å². The molecule has 0 aliphatic heterocycles. The van der Waals surface area contributed by atoms with Crippen LogP contribution >= 0.6 is 0 Å². The second-order valence-corrected chi connectivity index (χ2v) is 9.47. The Balaban J connectivity index is 1.77. The highest BCUT2D eigenvalue weighted by Gasteiger charge is 2.51. The molecule has 3 rings (SSSR count). The Morgan fingerprint density at radius 3 is 2.29 bits per heavy atom. The van der Waals surface area contributed by atoms with E-state index in [-0.39, 0.29) is 16.8 Å². The molecule has 0 bridgehead atoms. The van der Waals surface area contributed by atoms with E-state index in [0.29, 0.717) is 11.3 Å². The fraction of sp³-hybridized carbons (Fsp3) is 0.409. The van der Waals surface area contributed by atoms with Crippen LogP contribution < -0.4 is 10.0 Å². The van der Waals surface area contributed by atoms with Crippen molar-refractivity contribution in [2.75, 3.05) is 4.72 Å². The van der Waals surface area contributed by atoms with E-state index in [1.807, 2.05) is 39.0 Å². The summed E-state index contributed by atoms with van der Waals surface area (Å²) in [6.07, 6.45) is 2.53. The van der Waals surface area contributed by atoms with Crippen molar-refractivity contribution in [2.24, 2.45) is 0 Å². The van der Waals surface area contributed by atoms with Crippen LogP contribution in [0.15, 0.2) is 47.4 Å². The van der Waals surface area contributed by atoms with Crippen LogP contribution in [-0.4, -0.2) is 20.4 Å². The first-order valence-corrected chi connectivity index (χ1v) is 11.2. The van der Waals surface area contributed by atoms with Gasteiger partial charge in [-0.1, -0.05) is 36.8 Å². The van der Waals surface area contributed by atoms with Crippen LogP contribution in [0.5, 0.6) is 0 Å². The van der Waals surface area contributed by atoms with E-state index in [1.54, 1.807) is 31.2 Å². The minimum atomic E-state index is -3.66. The predicted molar refractivity (Wildman–Crippen MR) is 112 cm³/mol. The zero-order chi connectivity index (χ0) is 20.5. The van der Waals surface area contributed by atoms with Gasteiger partial charge >= 0.3 is 0 Å². The van der Waals surface area contributed by atoms with E-state index in [4.69, 9.17) is 0 Å². The molecule has 0 radical (unpaired) electrons. The van der Waals surface area contributed by atoms with E-state index < -0.39 is 15.4 Å². The van der Waals surface area contributed by atoms with Crippen molar-refractivity contribution in [1.29, 1.82) is 0 Å². The number of sulfonamides is 1. The van der Waals surface area contributed by atoms with Crippen molar-refractivity contribution >= 4 is 21.6 Å². The molecule has 0 aromatic heterocycles. The smallest absolute Gasteiger partial charge is 0.262 e. The highest BCUT2D eigenvalue weighted by atomic mass is 32.2. The van der Waals surface area contributed by atoms with Crippen LogP contribution in [0.3, 0.4) is 0 Å². The average Bonchev–Trinajstić information content (AvgIpc) is 3.43. The summed E-state index contributed by atoms with van der Waals surface area (Å²) >= 11 is 0. The molecule has 28 heavy (non-hydrogen) atoms. The number of hydrogen-bond acceptors (Lipinski definition) is 3. The minimum Gasteiger partial charge on any atom is -0.353 e. The number of carbonyl (C=O) groups is 1. The largest absolute Gasteiger partial charge is 0.353 e. The molecule has 0 saturated heterocycles. The molecular weight excluding hydrogens is 372 g/mol. The summed E-state index contributed by atoms with van der Waals surface area (Å²) in [6.45, 7) is 7.76. The third-order valence-electron chi connectivity index (χ3n) is 5.48. The second kappa shape index (κ2) is 7.59. The van der Waals surface area contributed by atoms with Gasteiger partial charge in [-0.25, -0.2) is 8.42 Å². The van der Waals surface area contributed by atoms with Crippen molar-refractivity contribution in [3.63, 3.8) is 0 Å². The lowest BCUT2D eigenvalue weighted by atomic mass is 9.94. The average molecular weight is 401 g/mol. The monoisotopic (exact) mass is 400 g/mol. The van der Waals surface area contributed by atoms with Gasteiger partial charge in [0.1, 0.15) is 0 Å². The predicted octanol–water partition coefficient (Wildman–Crippen LogP) is 4.05. The lowest BCUT2D eigenvalue weighted by Gasteiger charge is -2.19. The molecule has 0 heterocycles. The number of rotatable bonds is 7. The number of nitrogens with one attached hydrogen (secondary N) is 2. The molecule has 1 saturated carbocycles. The van der Waals surface area contributed by atoms with E-state index in [1.165, 1.54) is 0 Å². The lowest BCUT2D eigenvalue weighted by molar-refractivity contribution is -0.124. The number of amides is 1. The van der Waals surface area contributed by atoms with Crippen LogP contribution in [0.4, 0.5) is 5.69 Å². The summed E-state index contributed by atoms with van der Waals surface area (Å²) in [6, 6.07) is 12.6. The number of hydrogen-bond donors (Lipinski definition) is 2. The molecule has 2 aromatic rings. The topological polar surface area (TPSA) is 75.3 Å². The van der Waals surface area contributed by atoms with Gasteiger partial charge in [0.2, 0.25) is 5.91 Å². The molecule has 1 amide bonds. The Kier molecular flexibility index (Phi) is 5.53. The van der Waals surface area contributed by atoms with Gasteiger partial charge in [-0.3, -0.25) is 9.52 Å². The minimum absolute atomic E-state index is 0.0606. The molecule has 6 heteroatoms. The Hall–Kier alpha value is -2.34. The Labute approximate surface area is 167 Å². The van der Waals surface area contributed by atoms with Crippen molar-refractivity contribution in [1.82, 2.24) is 5.32 Å². The van der Waals surface area contributed by atoms with Crippen molar-refractivity contribution in [2.45, 2.75) is 63.3 Å². The Morgan fingerprint density at radius 1 is 1.11 bits per heavy atom. The molecule has 0 spiro atoms. The standard InChI is InChI=1S/C22H28N2O3S/c1-5-17(4)23-21(25)22(12-13-22)18-7-9-19(10-8-18)24-28(26,27)20-11-6-15(2)14-16(20)3/h6-11,14,17,24H,5,12-13H2,1-4H3,(H,23,25)/t17-/m1/s1. The maximum Gasteiger partial charge on any atom is 0.262 e. The van der Waals surface area contributed by atoms with Crippen LogP contribution in [-0.2, 0) is 20.2 Å². The molecule has 1 aliphatic rings. The van der Waals surface area contributed by atoms with Gasteiger partial charge in [0, 0.05) is 11.7 Å². The SMILES string of the molecule is CC[C@@H](C)NC(=O)C1(c2ccc(NS(=O)(=O)c3ccc(C)cc3C)cc2)CC1. The second-order valence-electron chi connectivity index (χ2n) is 7.82. The molecule has 2 aromatic carbocycles. The molecule has 1 fully saturated rings. The fourth-order valence-corrected chi connectivity index (χ4v) is 4.69. The first-order chi connectivity index (χ1) is 13.2. The summed E-state index contributed by atoms with van der Waals surface area (Å²) in [7, 11) is -3.66.